The fraction of sp³-hybridized carbons (Fsp3) is 0.0667. The van der Waals surface area contributed by atoms with E-state index in [0.717, 1.165) is 9.79 Å². The van der Waals surface area contributed by atoms with Crippen LogP contribution in [0.1, 0.15) is 0 Å². The molecule has 6 heteroatoms. The van der Waals surface area contributed by atoms with Crippen LogP contribution in [-0.4, -0.2) is 11.4 Å². The van der Waals surface area contributed by atoms with Gasteiger partial charge in [-0.3, -0.25) is 5.41 Å². The van der Waals surface area contributed by atoms with Gasteiger partial charge in [0.2, 0.25) is 0 Å². The number of hydrogen-bond donors (Lipinski definition) is 1. The third kappa shape index (κ3) is 3.94. The maximum Gasteiger partial charge on any atom is 0.191 e. The van der Waals surface area contributed by atoms with Gasteiger partial charge in [-0.1, -0.05) is 53.3 Å². The number of halogens is 1. The number of nitrogens with zero attached hydrogens (tertiary/aromatic N) is 2. The summed E-state index contributed by atoms with van der Waals surface area (Å²) < 4.78 is 0. The van der Waals surface area contributed by atoms with Crippen molar-refractivity contribution in [3.8, 4) is 6.19 Å². The number of thioether (sulfide) groups is 1. The van der Waals surface area contributed by atoms with Crippen LogP contribution < -0.4 is 4.90 Å². The SMILES string of the molecule is CSC(=N)N(C#N)c1ccc(Sc2ccccc2)c(Cl)c1. The summed E-state index contributed by atoms with van der Waals surface area (Å²) >= 11 is 9.06. The maximum absolute atomic E-state index is 9.15. The predicted molar refractivity (Wildman–Crippen MR) is 91.4 cm³/mol. The smallest absolute Gasteiger partial charge is 0.191 e. The van der Waals surface area contributed by atoms with Crippen LogP contribution in [0.15, 0.2) is 58.3 Å². The molecule has 1 N–H and O–H groups in total. The Morgan fingerprint density at radius 2 is 1.95 bits per heavy atom. The highest BCUT2D eigenvalue weighted by molar-refractivity contribution is 8.13. The van der Waals surface area contributed by atoms with E-state index in [1.807, 2.05) is 42.6 Å². The van der Waals surface area contributed by atoms with Gasteiger partial charge in [-0.25, -0.2) is 4.90 Å². The Bertz CT molecular complexity index is 683. The summed E-state index contributed by atoms with van der Waals surface area (Å²) in [7, 11) is 0. The lowest BCUT2D eigenvalue weighted by atomic mass is 10.3. The van der Waals surface area contributed by atoms with Gasteiger partial charge in [0, 0.05) is 9.79 Å². The highest BCUT2D eigenvalue weighted by atomic mass is 35.5. The molecule has 0 radical (unpaired) electrons. The molecule has 2 aromatic rings. The summed E-state index contributed by atoms with van der Waals surface area (Å²) in [5.74, 6) is 0. The number of amidine groups is 1. The summed E-state index contributed by atoms with van der Waals surface area (Å²) in [4.78, 5) is 3.26. The van der Waals surface area contributed by atoms with Crippen LogP contribution in [0.25, 0.3) is 0 Å². The van der Waals surface area contributed by atoms with Gasteiger partial charge in [-0.2, -0.15) is 5.26 Å². The van der Waals surface area contributed by atoms with Crippen LogP contribution in [0.4, 0.5) is 5.69 Å². The van der Waals surface area contributed by atoms with Crippen LogP contribution in [0, 0.1) is 16.9 Å². The molecule has 3 nitrogen and oxygen atoms in total. The highest BCUT2D eigenvalue weighted by Gasteiger charge is 2.13. The van der Waals surface area contributed by atoms with E-state index in [4.69, 9.17) is 22.3 Å². The zero-order valence-corrected chi connectivity index (χ0v) is 13.6. The van der Waals surface area contributed by atoms with Crippen molar-refractivity contribution in [3.63, 3.8) is 0 Å². The summed E-state index contributed by atoms with van der Waals surface area (Å²) in [5, 5.41) is 17.6. The standard InChI is InChI=1S/C15H12ClN3S2/c1-20-15(18)19(10-17)11-7-8-14(13(16)9-11)21-12-5-3-2-4-6-12/h2-9,18H,1H3. The van der Waals surface area contributed by atoms with Crippen molar-refractivity contribution in [3.05, 3.63) is 53.6 Å². The van der Waals surface area contributed by atoms with Crippen molar-refractivity contribution in [1.29, 1.82) is 10.7 Å². The van der Waals surface area contributed by atoms with Crippen LogP contribution in [0.3, 0.4) is 0 Å². The number of benzene rings is 2. The van der Waals surface area contributed by atoms with E-state index in [1.165, 1.54) is 16.7 Å². The molecule has 0 amide bonds. The van der Waals surface area contributed by atoms with Crippen molar-refractivity contribution < 1.29 is 0 Å². The molecule has 0 unspecified atom stereocenters. The maximum atomic E-state index is 9.15. The van der Waals surface area contributed by atoms with E-state index in [9.17, 15) is 0 Å². The van der Waals surface area contributed by atoms with Gasteiger partial charge < -0.3 is 0 Å². The quantitative estimate of drug-likeness (QED) is 0.368. The molecule has 21 heavy (non-hydrogen) atoms. The largest absolute Gasteiger partial charge is 0.278 e. The van der Waals surface area contributed by atoms with Gasteiger partial charge in [0.1, 0.15) is 0 Å². The first-order chi connectivity index (χ1) is 10.2. The minimum atomic E-state index is 0.164. The summed E-state index contributed by atoms with van der Waals surface area (Å²) in [6.45, 7) is 0. The minimum absolute atomic E-state index is 0.164. The number of rotatable bonds is 3. The third-order valence-electron chi connectivity index (χ3n) is 2.64. The third-order valence-corrected chi connectivity index (χ3v) is 4.72. The number of hydrogen-bond acceptors (Lipinski definition) is 4. The molecule has 0 heterocycles. The molecular formula is C15H12ClN3S2. The van der Waals surface area contributed by atoms with Gasteiger partial charge in [0.15, 0.2) is 11.4 Å². The Morgan fingerprint density at radius 1 is 1.24 bits per heavy atom. The van der Waals surface area contributed by atoms with Crippen molar-refractivity contribution in [2.45, 2.75) is 9.79 Å². The molecule has 0 saturated carbocycles. The molecule has 0 aliphatic carbocycles. The number of nitrogens with one attached hydrogen (secondary N) is 1. The molecule has 2 rings (SSSR count). The minimum Gasteiger partial charge on any atom is -0.278 e. The highest BCUT2D eigenvalue weighted by Crippen LogP contribution is 2.35. The summed E-state index contributed by atoms with van der Waals surface area (Å²) in [6.07, 6.45) is 3.75. The van der Waals surface area contributed by atoms with Crippen LogP contribution in [0.2, 0.25) is 5.02 Å². The summed E-state index contributed by atoms with van der Waals surface area (Å²) in [5.41, 5.74) is 0.597. The molecule has 0 aliphatic heterocycles. The van der Waals surface area contributed by atoms with Crippen molar-refractivity contribution in [2.24, 2.45) is 0 Å². The van der Waals surface area contributed by atoms with E-state index in [1.54, 1.807) is 30.2 Å². The van der Waals surface area contributed by atoms with Gasteiger partial charge in [-0.15, -0.1) is 0 Å². The zero-order valence-electron chi connectivity index (χ0n) is 11.2. The van der Waals surface area contributed by atoms with Gasteiger partial charge in [0.05, 0.1) is 10.7 Å². The fourth-order valence-corrected chi connectivity index (χ4v) is 3.10. The molecule has 0 spiro atoms. The molecule has 106 valence electrons. The summed E-state index contributed by atoms with van der Waals surface area (Å²) in [6, 6.07) is 15.3. The lowest BCUT2D eigenvalue weighted by Gasteiger charge is -2.15. The lowest BCUT2D eigenvalue weighted by Crippen LogP contribution is -2.21. The van der Waals surface area contributed by atoms with Crippen molar-refractivity contribution >= 4 is 46.0 Å². The zero-order chi connectivity index (χ0) is 15.2. The average molecular weight is 334 g/mol. The second-order valence-electron chi connectivity index (χ2n) is 3.97. The number of nitriles is 1. The monoisotopic (exact) mass is 333 g/mol. The Kier molecular flexibility index (Phi) is 5.57. The molecule has 0 aliphatic rings. The Morgan fingerprint density at radius 3 is 2.52 bits per heavy atom. The van der Waals surface area contributed by atoms with Crippen LogP contribution >= 0.6 is 35.1 Å². The second-order valence-corrected chi connectivity index (χ2v) is 6.29. The molecule has 0 saturated heterocycles. The second kappa shape index (κ2) is 7.41. The van der Waals surface area contributed by atoms with Crippen molar-refractivity contribution in [2.75, 3.05) is 11.2 Å². The molecule has 0 bridgehead atoms. The molecule has 0 atom stereocenters. The van der Waals surface area contributed by atoms with E-state index in [2.05, 4.69) is 0 Å². The Labute approximate surface area is 137 Å². The first-order valence-corrected chi connectivity index (χ1v) is 8.42. The Balaban J connectivity index is 2.25. The van der Waals surface area contributed by atoms with E-state index < -0.39 is 0 Å². The van der Waals surface area contributed by atoms with Gasteiger partial charge in [-0.05, 0) is 36.6 Å². The van der Waals surface area contributed by atoms with Gasteiger partial charge in [0.25, 0.3) is 0 Å². The van der Waals surface area contributed by atoms with Gasteiger partial charge >= 0.3 is 0 Å². The van der Waals surface area contributed by atoms with E-state index in [-0.39, 0.29) is 5.17 Å². The first kappa shape index (κ1) is 15.8. The van der Waals surface area contributed by atoms with Crippen molar-refractivity contribution in [1.82, 2.24) is 0 Å². The Hall–Kier alpha value is -1.61. The molecular weight excluding hydrogens is 322 g/mol. The average Bonchev–Trinajstić information content (AvgIpc) is 2.51. The van der Waals surface area contributed by atoms with E-state index in [0.29, 0.717) is 10.7 Å². The molecule has 2 aromatic carbocycles. The first-order valence-electron chi connectivity index (χ1n) is 6.00. The van der Waals surface area contributed by atoms with Crippen LogP contribution in [-0.2, 0) is 0 Å². The molecule has 0 aromatic heterocycles. The van der Waals surface area contributed by atoms with E-state index >= 15 is 0 Å². The lowest BCUT2D eigenvalue weighted by molar-refractivity contribution is 1.30. The normalized spacial score (nSPS) is 9.95. The van der Waals surface area contributed by atoms with Crippen LogP contribution in [0.5, 0.6) is 0 Å². The topological polar surface area (TPSA) is 50.9 Å². The predicted octanol–water partition coefficient (Wildman–Crippen LogP) is 5.08. The number of anilines is 1. The molecule has 0 fully saturated rings. The fourth-order valence-electron chi connectivity index (χ4n) is 1.64.